The first-order chi connectivity index (χ1) is 9.31. The maximum absolute atomic E-state index is 11.0. The Kier molecular flexibility index (Phi) is 6.45. The van der Waals surface area contributed by atoms with Crippen molar-refractivity contribution in [3.05, 3.63) is 0 Å². The van der Waals surface area contributed by atoms with Crippen molar-refractivity contribution in [3.8, 4) is 0 Å². The molecule has 0 heterocycles. The van der Waals surface area contributed by atoms with Crippen LogP contribution in [-0.2, 0) is 9.47 Å². The van der Waals surface area contributed by atoms with E-state index in [0.717, 1.165) is 31.6 Å². The molecular weight excluding hydrogens is 254 g/mol. The lowest BCUT2D eigenvalue weighted by Gasteiger charge is -2.50. The Morgan fingerprint density at radius 1 is 1.25 bits per heavy atom. The summed E-state index contributed by atoms with van der Waals surface area (Å²) >= 11 is 0. The minimum Gasteiger partial charge on any atom is -0.389 e. The third kappa shape index (κ3) is 3.73. The van der Waals surface area contributed by atoms with E-state index in [0.29, 0.717) is 18.9 Å². The van der Waals surface area contributed by atoms with E-state index in [1.807, 2.05) is 6.92 Å². The summed E-state index contributed by atoms with van der Waals surface area (Å²) in [6.45, 7) is 6.97. The first-order valence-corrected chi connectivity index (χ1v) is 7.80. The van der Waals surface area contributed by atoms with Gasteiger partial charge < -0.3 is 20.3 Å². The number of methoxy groups -OCH3 is 2. The van der Waals surface area contributed by atoms with E-state index >= 15 is 0 Å². The van der Waals surface area contributed by atoms with Gasteiger partial charge in [0.15, 0.2) is 6.29 Å². The van der Waals surface area contributed by atoms with Crippen LogP contribution in [0.5, 0.6) is 0 Å². The Morgan fingerprint density at radius 3 is 2.10 bits per heavy atom. The van der Waals surface area contributed by atoms with Crippen LogP contribution in [0.2, 0.25) is 0 Å². The molecule has 3 N–H and O–H groups in total. The van der Waals surface area contributed by atoms with Crippen LogP contribution in [0.1, 0.15) is 52.9 Å². The van der Waals surface area contributed by atoms with Gasteiger partial charge in [0.1, 0.15) is 0 Å². The van der Waals surface area contributed by atoms with Gasteiger partial charge in [-0.3, -0.25) is 0 Å². The minimum absolute atomic E-state index is 0.215. The van der Waals surface area contributed by atoms with Crippen molar-refractivity contribution in [1.29, 1.82) is 0 Å². The predicted molar refractivity (Wildman–Crippen MR) is 81.3 cm³/mol. The number of nitrogens with two attached hydrogens (primary N) is 1. The summed E-state index contributed by atoms with van der Waals surface area (Å²) in [4.78, 5) is 0. The molecule has 0 spiro atoms. The Bertz CT molecular complexity index is 279. The normalized spacial score (nSPS) is 30.8. The summed E-state index contributed by atoms with van der Waals surface area (Å²) in [6.07, 6.45) is 4.35. The number of rotatable bonds is 7. The highest BCUT2D eigenvalue weighted by Crippen LogP contribution is 2.49. The summed E-state index contributed by atoms with van der Waals surface area (Å²) in [7, 11) is 3.21. The molecule has 1 rings (SSSR count). The van der Waals surface area contributed by atoms with Crippen molar-refractivity contribution in [3.63, 3.8) is 0 Å². The fraction of sp³-hybridized carbons (Fsp3) is 1.00. The van der Waals surface area contributed by atoms with Gasteiger partial charge in [-0.15, -0.1) is 0 Å². The van der Waals surface area contributed by atoms with E-state index in [-0.39, 0.29) is 11.7 Å². The molecule has 1 fully saturated rings. The van der Waals surface area contributed by atoms with Gasteiger partial charge >= 0.3 is 0 Å². The third-order valence-corrected chi connectivity index (χ3v) is 5.55. The summed E-state index contributed by atoms with van der Waals surface area (Å²) < 4.78 is 10.5. The molecule has 1 unspecified atom stereocenters. The molecule has 4 heteroatoms. The molecule has 0 aromatic rings. The lowest BCUT2D eigenvalue weighted by atomic mass is 9.59. The number of hydrogen-bond donors (Lipinski definition) is 2. The average Bonchev–Trinajstić information content (AvgIpc) is 2.44. The minimum atomic E-state index is -0.861. The van der Waals surface area contributed by atoms with Crippen LogP contribution < -0.4 is 5.73 Å². The second kappa shape index (κ2) is 7.21. The molecule has 1 saturated carbocycles. The molecule has 0 radical (unpaired) electrons. The average molecular weight is 287 g/mol. The molecule has 4 nitrogen and oxygen atoms in total. The van der Waals surface area contributed by atoms with Crippen molar-refractivity contribution >= 4 is 0 Å². The van der Waals surface area contributed by atoms with Crippen LogP contribution in [0.15, 0.2) is 0 Å². The van der Waals surface area contributed by atoms with E-state index in [1.54, 1.807) is 14.2 Å². The van der Waals surface area contributed by atoms with Crippen LogP contribution in [0.3, 0.4) is 0 Å². The lowest BCUT2D eigenvalue weighted by Crippen LogP contribution is -2.54. The zero-order valence-corrected chi connectivity index (χ0v) is 13.8. The summed E-state index contributed by atoms with van der Waals surface area (Å²) in [5.74, 6) is 1.47. The highest BCUT2D eigenvalue weighted by atomic mass is 16.7. The molecule has 1 aliphatic carbocycles. The largest absolute Gasteiger partial charge is 0.389 e. The number of hydrogen-bond acceptors (Lipinski definition) is 4. The van der Waals surface area contributed by atoms with Gasteiger partial charge in [-0.05, 0) is 44.4 Å². The maximum atomic E-state index is 11.0. The van der Waals surface area contributed by atoms with Crippen molar-refractivity contribution in [2.75, 3.05) is 20.8 Å². The van der Waals surface area contributed by atoms with Crippen molar-refractivity contribution in [2.45, 2.75) is 64.8 Å². The quantitative estimate of drug-likeness (QED) is 0.706. The molecular formula is C16H33NO3. The SMILES string of the molecule is COC(CC(C)(O)C1(CN)CCC(C(C)C)CC1)OC. The number of ether oxygens (including phenoxy) is 2. The van der Waals surface area contributed by atoms with Gasteiger partial charge in [-0.2, -0.15) is 0 Å². The van der Waals surface area contributed by atoms with Crippen LogP contribution in [0.25, 0.3) is 0 Å². The molecule has 0 aromatic heterocycles. The summed E-state index contributed by atoms with van der Waals surface area (Å²) in [6, 6.07) is 0. The second-order valence-electron chi connectivity index (χ2n) is 6.94. The Balaban J connectivity index is 2.78. The fourth-order valence-corrected chi connectivity index (χ4v) is 3.63. The van der Waals surface area contributed by atoms with Gasteiger partial charge in [-0.25, -0.2) is 0 Å². The van der Waals surface area contributed by atoms with E-state index in [1.165, 1.54) is 0 Å². The van der Waals surface area contributed by atoms with Gasteiger partial charge in [0.2, 0.25) is 0 Å². The molecule has 20 heavy (non-hydrogen) atoms. The first-order valence-electron chi connectivity index (χ1n) is 7.80. The highest BCUT2D eigenvalue weighted by Gasteiger charge is 2.49. The second-order valence-corrected chi connectivity index (χ2v) is 6.94. The van der Waals surface area contributed by atoms with Gasteiger partial charge in [0.25, 0.3) is 0 Å². The molecule has 0 saturated heterocycles. The Labute approximate surface area is 124 Å². The Hall–Kier alpha value is -0.160. The molecule has 0 amide bonds. The van der Waals surface area contributed by atoms with E-state index in [4.69, 9.17) is 15.2 Å². The monoisotopic (exact) mass is 287 g/mol. The maximum Gasteiger partial charge on any atom is 0.159 e. The van der Waals surface area contributed by atoms with Gasteiger partial charge in [-0.1, -0.05) is 13.8 Å². The Morgan fingerprint density at radius 2 is 1.75 bits per heavy atom. The van der Waals surface area contributed by atoms with E-state index < -0.39 is 5.60 Å². The number of aliphatic hydroxyl groups is 1. The third-order valence-electron chi connectivity index (χ3n) is 5.55. The van der Waals surface area contributed by atoms with Crippen molar-refractivity contribution in [1.82, 2.24) is 0 Å². The summed E-state index contributed by atoms with van der Waals surface area (Å²) in [5.41, 5.74) is 4.99. The zero-order chi connectivity index (χ0) is 15.4. The van der Waals surface area contributed by atoms with Crippen LogP contribution in [-0.4, -0.2) is 37.8 Å². The molecule has 1 aliphatic rings. The lowest BCUT2D eigenvalue weighted by molar-refractivity contribution is -0.178. The van der Waals surface area contributed by atoms with Crippen molar-refractivity contribution < 1.29 is 14.6 Å². The highest BCUT2D eigenvalue weighted by molar-refractivity contribution is 5.00. The van der Waals surface area contributed by atoms with Gasteiger partial charge in [0.05, 0.1) is 5.60 Å². The van der Waals surface area contributed by atoms with Crippen LogP contribution >= 0.6 is 0 Å². The first kappa shape index (κ1) is 17.9. The van der Waals surface area contributed by atoms with Gasteiger partial charge in [0, 0.05) is 32.6 Å². The van der Waals surface area contributed by atoms with Crippen LogP contribution in [0, 0.1) is 17.3 Å². The van der Waals surface area contributed by atoms with Crippen molar-refractivity contribution in [2.24, 2.45) is 23.0 Å². The summed E-state index contributed by atoms with van der Waals surface area (Å²) in [5, 5.41) is 11.0. The van der Waals surface area contributed by atoms with Crippen LogP contribution in [0.4, 0.5) is 0 Å². The molecule has 0 aliphatic heterocycles. The fourth-order valence-electron chi connectivity index (χ4n) is 3.63. The smallest absolute Gasteiger partial charge is 0.159 e. The van der Waals surface area contributed by atoms with E-state index in [2.05, 4.69) is 13.8 Å². The molecule has 0 aromatic carbocycles. The topological polar surface area (TPSA) is 64.7 Å². The predicted octanol–water partition coefficient (Wildman–Crippen LogP) is 2.54. The molecule has 120 valence electrons. The zero-order valence-electron chi connectivity index (χ0n) is 13.8. The standard InChI is InChI=1S/C16H33NO3/c1-12(2)13-6-8-16(11-17,9-7-13)15(3,18)10-14(19-4)20-5/h12-14,18H,6-11,17H2,1-5H3. The van der Waals surface area contributed by atoms with E-state index in [9.17, 15) is 5.11 Å². The molecule has 0 bridgehead atoms. The molecule has 1 atom stereocenters.